The Balaban J connectivity index is 2.40. The van der Waals surface area contributed by atoms with E-state index < -0.39 is 18.0 Å². The van der Waals surface area contributed by atoms with Crippen LogP contribution >= 0.6 is 27.5 Å². The van der Waals surface area contributed by atoms with Crippen LogP contribution in [0.3, 0.4) is 0 Å². The van der Waals surface area contributed by atoms with Gasteiger partial charge < -0.3 is 20.3 Å². The summed E-state index contributed by atoms with van der Waals surface area (Å²) in [5.41, 5.74) is 0. The zero-order chi connectivity index (χ0) is 14.4. The first-order valence-electron chi connectivity index (χ1n) is 5.15. The van der Waals surface area contributed by atoms with Crippen LogP contribution in [-0.2, 0) is 9.59 Å². The number of aliphatic carboxylic acids is 1. The number of aliphatic hydroxyl groups is 1. The smallest absolute Gasteiger partial charge is 0.334 e. The van der Waals surface area contributed by atoms with Crippen molar-refractivity contribution in [1.29, 1.82) is 0 Å². The summed E-state index contributed by atoms with van der Waals surface area (Å²) in [6.07, 6.45) is -1.63. The number of benzene rings is 1. The average Bonchev–Trinajstić information content (AvgIpc) is 2.34. The maximum atomic E-state index is 11.3. The van der Waals surface area contributed by atoms with E-state index in [1.807, 2.05) is 0 Å². The third-order valence-electron chi connectivity index (χ3n) is 2.03. The van der Waals surface area contributed by atoms with Gasteiger partial charge in [-0.2, -0.15) is 0 Å². The van der Waals surface area contributed by atoms with Crippen molar-refractivity contribution < 1.29 is 24.5 Å². The Labute approximate surface area is 122 Å². The number of carboxylic acids is 1. The second-order valence-electron chi connectivity index (χ2n) is 3.52. The minimum atomic E-state index is -1.63. The Morgan fingerprint density at radius 1 is 1.47 bits per heavy atom. The van der Waals surface area contributed by atoms with Gasteiger partial charge in [-0.25, -0.2) is 4.79 Å². The van der Waals surface area contributed by atoms with E-state index in [1.165, 1.54) is 0 Å². The lowest BCUT2D eigenvalue weighted by Gasteiger charge is -2.10. The standard InChI is InChI=1S/C11H11BrClNO5/c12-7-3-6(13)1-2-9(7)19-5-10(16)14-4-8(15)11(17)18/h1-3,8,15H,4-5H2,(H,14,16)(H,17,18). The average molecular weight is 353 g/mol. The number of ether oxygens (including phenoxy) is 1. The molecule has 1 aromatic rings. The molecule has 0 aliphatic rings. The van der Waals surface area contributed by atoms with Crippen molar-refractivity contribution >= 4 is 39.4 Å². The largest absolute Gasteiger partial charge is 0.483 e. The number of hydrogen-bond acceptors (Lipinski definition) is 4. The molecule has 0 radical (unpaired) electrons. The Hall–Kier alpha value is -1.31. The first kappa shape index (κ1) is 15.7. The number of rotatable bonds is 6. The van der Waals surface area contributed by atoms with Crippen LogP contribution in [0.15, 0.2) is 22.7 Å². The molecular weight excluding hydrogens is 341 g/mol. The minimum Gasteiger partial charge on any atom is -0.483 e. The van der Waals surface area contributed by atoms with E-state index in [-0.39, 0.29) is 13.2 Å². The van der Waals surface area contributed by atoms with Crippen molar-refractivity contribution in [3.05, 3.63) is 27.7 Å². The molecular formula is C11H11BrClNO5. The van der Waals surface area contributed by atoms with Crippen molar-refractivity contribution in [3.63, 3.8) is 0 Å². The van der Waals surface area contributed by atoms with E-state index in [0.29, 0.717) is 15.2 Å². The molecule has 1 unspecified atom stereocenters. The lowest BCUT2D eigenvalue weighted by atomic mass is 10.3. The second-order valence-corrected chi connectivity index (χ2v) is 4.81. The number of carbonyl (C=O) groups is 2. The van der Waals surface area contributed by atoms with E-state index >= 15 is 0 Å². The zero-order valence-electron chi connectivity index (χ0n) is 9.60. The van der Waals surface area contributed by atoms with Gasteiger partial charge in [0.15, 0.2) is 12.7 Å². The van der Waals surface area contributed by atoms with Crippen molar-refractivity contribution in [2.75, 3.05) is 13.2 Å². The van der Waals surface area contributed by atoms with Gasteiger partial charge in [0.1, 0.15) is 5.75 Å². The molecule has 19 heavy (non-hydrogen) atoms. The highest BCUT2D eigenvalue weighted by molar-refractivity contribution is 9.10. The van der Waals surface area contributed by atoms with Gasteiger partial charge in [0, 0.05) is 5.02 Å². The van der Waals surface area contributed by atoms with E-state index in [1.54, 1.807) is 18.2 Å². The summed E-state index contributed by atoms with van der Waals surface area (Å²) in [5.74, 6) is -1.51. The fraction of sp³-hybridized carbons (Fsp3) is 0.273. The van der Waals surface area contributed by atoms with Crippen LogP contribution < -0.4 is 10.1 Å². The van der Waals surface area contributed by atoms with Crippen LogP contribution in [-0.4, -0.2) is 41.3 Å². The van der Waals surface area contributed by atoms with Crippen LogP contribution in [0, 0.1) is 0 Å². The second kappa shape index (κ2) is 7.32. The molecule has 1 aromatic carbocycles. The monoisotopic (exact) mass is 351 g/mol. The molecule has 1 amide bonds. The van der Waals surface area contributed by atoms with Crippen molar-refractivity contribution in [3.8, 4) is 5.75 Å². The van der Waals surface area contributed by atoms with Gasteiger partial charge in [0.2, 0.25) is 0 Å². The molecule has 0 spiro atoms. The molecule has 0 aromatic heterocycles. The topological polar surface area (TPSA) is 95.9 Å². The van der Waals surface area contributed by atoms with E-state index in [9.17, 15) is 9.59 Å². The van der Waals surface area contributed by atoms with Gasteiger partial charge in [0.05, 0.1) is 11.0 Å². The Morgan fingerprint density at radius 3 is 2.74 bits per heavy atom. The third-order valence-corrected chi connectivity index (χ3v) is 2.89. The molecule has 0 saturated carbocycles. The van der Waals surface area contributed by atoms with Gasteiger partial charge in [0.25, 0.3) is 5.91 Å². The van der Waals surface area contributed by atoms with Crippen LogP contribution in [0.4, 0.5) is 0 Å². The summed E-state index contributed by atoms with van der Waals surface area (Å²) < 4.78 is 5.80. The first-order valence-corrected chi connectivity index (χ1v) is 6.32. The molecule has 0 bridgehead atoms. The molecule has 0 saturated heterocycles. The highest BCUT2D eigenvalue weighted by atomic mass is 79.9. The summed E-state index contributed by atoms with van der Waals surface area (Å²) in [7, 11) is 0. The number of carboxylic acid groups (broad SMARTS) is 1. The minimum absolute atomic E-state index is 0.299. The van der Waals surface area contributed by atoms with Crippen LogP contribution in [0.2, 0.25) is 5.02 Å². The fourth-order valence-corrected chi connectivity index (χ4v) is 1.88. The molecule has 0 aliphatic carbocycles. The highest BCUT2D eigenvalue weighted by Gasteiger charge is 2.14. The number of hydrogen-bond donors (Lipinski definition) is 3. The molecule has 104 valence electrons. The molecule has 0 aliphatic heterocycles. The van der Waals surface area contributed by atoms with Gasteiger partial charge in [-0.3, -0.25) is 4.79 Å². The highest BCUT2D eigenvalue weighted by Crippen LogP contribution is 2.27. The number of halogens is 2. The quantitative estimate of drug-likeness (QED) is 0.711. The number of carbonyl (C=O) groups excluding carboxylic acids is 1. The van der Waals surface area contributed by atoms with E-state index in [4.69, 9.17) is 26.6 Å². The predicted octanol–water partition coefficient (Wildman–Crippen LogP) is 1.04. The van der Waals surface area contributed by atoms with Crippen molar-refractivity contribution in [2.24, 2.45) is 0 Å². The molecule has 1 atom stereocenters. The molecule has 0 fully saturated rings. The molecule has 8 heteroatoms. The SMILES string of the molecule is O=C(COc1ccc(Cl)cc1Br)NCC(O)C(=O)O. The summed E-state index contributed by atoms with van der Waals surface area (Å²) in [5, 5.41) is 20.1. The lowest BCUT2D eigenvalue weighted by Crippen LogP contribution is -2.38. The van der Waals surface area contributed by atoms with Gasteiger partial charge in [-0.05, 0) is 34.1 Å². The summed E-state index contributed by atoms with van der Waals surface area (Å²) in [6, 6.07) is 4.81. The summed E-state index contributed by atoms with van der Waals surface area (Å²) in [6.45, 7) is -0.675. The van der Waals surface area contributed by atoms with E-state index in [0.717, 1.165) is 0 Å². The van der Waals surface area contributed by atoms with Crippen molar-refractivity contribution in [2.45, 2.75) is 6.10 Å². The Kier molecular flexibility index (Phi) is 6.07. The normalized spacial score (nSPS) is 11.7. The van der Waals surface area contributed by atoms with Crippen molar-refractivity contribution in [1.82, 2.24) is 5.32 Å². The Bertz CT molecular complexity index is 482. The maximum Gasteiger partial charge on any atom is 0.334 e. The Morgan fingerprint density at radius 2 is 2.16 bits per heavy atom. The summed E-state index contributed by atoms with van der Waals surface area (Å²) >= 11 is 8.97. The van der Waals surface area contributed by atoms with Crippen LogP contribution in [0.5, 0.6) is 5.75 Å². The molecule has 1 rings (SSSR count). The van der Waals surface area contributed by atoms with Gasteiger partial charge >= 0.3 is 5.97 Å². The molecule has 6 nitrogen and oxygen atoms in total. The lowest BCUT2D eigenvalue weighted by molar-refractivity contribution is -0.146. The van der Waals surface area contributed by atoms with Gasteiger partial charge in [-0.1, -0.05) is 11.6 Å². The van der Waals surface area contributed by atoms with Crippen LogP contribution in [0.1, 0.15) is 0 Å². The van der Waals surface area contributed by atoms with Gasteiger partial charge in [-0.15, -0.1) is 0 Å². The predicted molar refractivity (Wildman–Crippen MR) is 71.3 cm³/mol. The fourth-order valence-electron chi connectivity index (χ4n) is 1.08. The van der Waals surface area contributed by atoms with Crippen LogP contribution in [0.25, 0.3) is 0 Å². The number of aliphatic hydroxyl groups excluding tert-OH is 1. The molecule has 3 N–H and O–H groups in total. The molecule has 0 heterocycles. The van der Waals surface area contributed by atoms with E-state index in [2.05, 4.69) is 21.2 Å². The summed E-state index contributed by atoms with van der Waals surface area (Å²) in [4.78, 5) is 21.7. The maximum absolute atomic E-state index is 11.3. The number of amides is 1. The number of nitrogens with one attached hydrogen (secondary N) is 1. The zero-order valence-corrected chi connectivity index (χ0v) is 11.9. The third kappa shape index (κ3) is 5.46. The first-order chi connectivity index (χ1) is 8.90.